The highest BCUT2D eigenvalue weighted by Crippen LogP contribution is 2.32. The number of anilines is 2. The van der Waals surface area contributed by atoms with Crippen LogP contribution in [-0.4, -0.2) is 25.9 Å². The highest BCUT2D eigenvalue weighted by Gasteiger charge is 2.27. The Balaban J connectivity index is 1.57. The summed E-state index contributed by atoms with van der Waals surface area (Å²) in [7, 11) is 0. The standard InChI is InChI=1S/C21H25N7O2/c22-15-7-5-13(6-8-15)11-18-19(28(29)30)20(23)27-21(26-18)25-12-14-9-10-24-17-4-2-1-3-16(14)17/h1-4,9-10,13,15H,5-8,11-12,22H2,(H3,23,25,26,27)/t13-,15-. The molecule has 2 heterocycles. The van der Waals surface area contributed by atoms with E-state index in [1.165, 1.54) is 0 Å². The lowest BCUT2D eigenvalue weighted by Crippen LogP contribution is -2.27. The molecule has 9 heteroatoms. The molecular formula is C21H25N7O2. The SMILES string of the molecule is Nc1nc(NCc2ccnc3ccccc23)nc(C[C@H]2CC[C@H](N)CC2)c1[N+](=O)[O-]. The first-order valence-corrected chi connectivity index (χ1v) is 10.1. The maximum atomic E-state index is 11.6. The molecule has 0 radical (unpaired) electrons. The molecule has 5 N–H and O–H groups in total. The third-order valence-corrected chi connectivity index (χ3v) is 5.72. The number of nitrogens with one attached hydrogen (secondary N) is 1. The number of pyridine rings is 1. The molecule has 2 aromatic heterocycles. The number of benzene rings is 1. The lowest BCUT2D eigenvalue weighted by atomic mass is 9.83. The molecule has 4 rings (SSSR count). The van der Waals surface area contributed by atoms with E-state index in [9.17, 15) is 10.1 Å². The van der Waals surface area contributed by atoms with Gasteiger partial charge in [0.2, 0.25) is 11.8 Å². The fourth-order valence-electron chi connectivity index (χ4n) is 4.09. The van der Waals surface area contributed by atoms with Crippen LogP contribution in [0.4, 0.5) is 17.5 Å². The molecule has 1 aromatic carbocycles. The molecule has 30 heavy (non-hydrogen) atoms. The summed E-state index contributed by atoms with van der Waals surface area (Å²) in [5.41, 5.74) is 14.1. The van der Waals surface area contributed by atoms with Gasteiger partial charge in [0.05, 0.1) is 10.4 Å². The van der Waals surface area contributed by atoms with E-state index in [0.717, 1.165) is 42.1 Å². The van der Waals surface area contributed by atoms with Crippen molar-refractivity contribution in [1.82, 2.24) is 15.0 Å². The number of nitrogen functional groups attached to an aromatic ring is 1. The maximum absolute atomic E-state index is 11.6. The van der Waals surface area contributed by atoms with Crippen LogP contribution in [-0.2, 0) is 13.0 Å². The number of nitrogens with zero attached hydrogens (tertiary/aromatic N) is 4. The first-order valence-electron chi connectivity index (χ1n) is 10.1. The second kappa shape index (κ2) is 8.58. The van der Waals surface area contributed by atoms with Crippen LogP contribution < -0.4 is 16.8 Å². The minimum atomic E-state index is -0.487. The van der Waals surface area contributed by atoms with Crippen LogP contribution in [0.3, 0.4) is 0 Å². The molecule has 3 aromatic rings. The summed E-state index contributed by atoms with van der Waals surface area (Å²) in [5, 5.41) is 15.8. The van der Waals surface area contributed by atoms with Gasteiger partial charge in [-0.3, -0.25) is 15.1 Å². The van der Waals surface area contributed by atoms with Crippen molar-refractivity contribution in [3.63, 3.8) is 0 Å². The van der Waals surface area contributed by atoms with Crippen molar-refractivity contribution < 1.29 is 4.92 Å². The Kier molecular flexibility index (Phi) is 5.71. The van der Waals surface area contributed by atoms with Crippen molar-refractivity contribution in [3.05, 3.63) is 57.9 Å². The Labute approximate surface area is 174 Å². The molecule has 0 unspecified atom stereocenters. The second-order valence-electron chi connectivity index (χ2n) is 7.81. The third kappa shape index (κ3) is 4.30. The van der Waals surface area contributed by atoms with Crippen molar-refractivity contribution in [2.24, 2.45) is 11.7 Å². The van der Waals surface area contributed by atoms with Crippen molar-refractivity contribution in [1.29, 1.82) is 0 Å². The fourth-order valence-corrected chi connectivity index (χ4v) is 4.09. The summed E-state index contributed by atoms with van der Waals surface area (Å²) in [6.45, 7) is 0.456. The van der Waals surface area contributed by atoms with Gasteiger partial charge in [-0.25, -0.2) is 4.98 Å². The second-order valence-corrected chi connectivity index (χ2v) is 7.81. The number of nitro groups is 1. The van der Waals surface area contributed by atoms with Crippen molar-refractivity contribution in [3.8, 4) is 0 Å². The van der Waals surface area contributed by atoms with Crippen LogP contribution in [0.5, 0.6) is 0 Å². The van der Waals surface area contributed by atoms with Gasteiger partial charge < -0.3 is 16.8 Å². The molecule has 0 bridgehead atoms. The van der Waals surface area contributed by atoms with Gasteiger partial charge in [0.15, 0.2) is 0 Å². The lowest BCUT2D eigenvalue weighted by Gasteiger charge is -2.25. The zero-order valence-electron chi connectivity index (χ0n) is 16.6. The number of hydrogen-bond acceptors (Lipinski definition) is 8. The Morgan fingerprint density at radius 3 is 2.67 bits per heavy atom. The fraction of sp³-hybridized carbons (Fsp3) is 0.381. The van der Waals surface area contributed by atoms with Crippen LogP contribution in [0.1, 0.15) is 36.9 Å². The van der Waals surface area contributed by atoms with Gasteiger partial charge in [-0.1, -0.05) is 18.2 Å². The van der Waals surface area contributed by atoms with Crippen LogP contribution in [0, 0.1) is 16.0 Å². The number of rotatable bonds is 6. The van der Waals surface area contributed by atoms with Crippen molar-refractivity contribution >= 4 is 28.4 Å². The van der Waals surface area contributed by atoms with E-state index in [2.05, 4.69) is 20.3 Å². The molecule has 0 amide bonds. The summed E-state index contributed by atoms with van der Waals surface area (Å²) < 4.78 is 0. The van der Waals surface area contributed by atoms with Crippen LogP contribution >= 0.6 is 0 Å². The van der Waals surface area contributed by atoms with E-state index in [-0.39, 0.29) is 17.5 Å². The predicted molar refractivity (Wildman–Crippen MR) is 116 cm³/mol. The summed E-state index contributed by atoms with van der Waals surface area (Å²) in [4.78, 5) is 24.1. The molecule has 0 spiro atoms. The van der Waals surface area contributed by atoms with E-state index >= 15 is 0 Å². The third-order valence-electron chi connectivity index (χ3n) is 5.72. The number of para-hydroxylation sites is 1. The molecular weight excluding hydrogens is 382 g/mol. The largest absolute Gasteiger partial charge is 0.378 e. The average molecular weight is 407 g/mol. The Morgan fingerprint density at radius 1 is 1.13 bits per heavy atom. The first kappa shape index (κ1) is 20.0. The van der Waals surface area contributed by atoms with Crippen molar-refractivity contribution in [2.45, 2.75) is 44.7 Å². The smallest absolute Gasteiger partial charge is 0.332 e. The molecule has 0 atom stereocenters. The van der Waals surface area contributed by atoms with Gasteiger partial charge in [-0.2, -0.15) is 4.98 Å². The topological polar surface area (TPSA) is 146 Å². The molecule has 1 fully saturated rings. The van der Waals surface area contributed by atoms with Gasteiger partial charge in [-0.15, -0.1) is 0 Å². The molecule has 1 saturated carbocycles. The molecule has 1 aliphatic rings. The summed E-state index contributed by atoms with van der Waals surface area (Å²) in [6, 6.07) is 10.0. The number of hydrogen-bond donors (Lipinski definition) is 3. The highest BCUT2D eigenvalue weighted by atomic mass is 16.6. The van der Waals surface area contributed by atoms with Crippen molar-refractivity contribution in [2.75, 3.05) is 11.1 Å². The van der Waals surface area contributed by atoms with Crippen LogP contribution in [0.25, 0.3) is 10.9 Å². The first-order chi connectivity index (χ1) is 14.5. The maximum Gasteiger partial charge on any atom is 0.332 e. The van der Waals surface area contributed by atoms with Gasteiger partial charge >= 0.3 is 5.69 Å². The van der Waals surface area contributed by atoms with E-state index in [0.29, 0.717) is 30.5 Å². The van der Waals surface area contributed by atoms with E-state index in [1.807, 2.05) is 30.3 Å². The quantitative estimate of drug-likeness (QED) is 0.417. The Hall–Kier alpha value is -3.33. The van der Waals surface area contributed by atoms with E-state index < -0.39 is 4.92 Å². The molecule has 0 aliphatic heterocycles. The summed E-state index contributed by atoms with van der Waals surface area (Å²) in [5.74, 6) is 0.496. The van der Waals surface area contributed by atoms with Crippen LogP contribution in [0.15, 0.2) is 36.5 Å². The zero-order chi connectivity index (χ0) is 21.1. The van der Waals surface area contributed by atoms with E-state index in [1.54, 1.807) is 6.20 Å². The van der Waals surface area contributed by atoms with Crippen LogP contribution in [0.2, 0.25) is 0 Å². The van der Waals surface area contributed by atoms with E-state index in [4.69, 9.17) is 11.5 Å². The van der Waals surface area contributed by atoms with Gasteiger partial charge in [0.25, 0.3) is 0 Å². The number of fused-ring (bicyclic) bond motifs is 1. The molecule has 1 aliphatic carbocycles. The normalized spacial score (nSPS) is 19.0. The molecule has 9 nitrogen and oxygen atoms in total. The number of nitrogens with two attached hydrogens (primary N) is 2. The number of aromatic nitrogens is 3. The minimum absolute atomic E-state index is 0.111. The molecule has 156 valence electrons. The van der Waals surface area contributed by atoms with Gasteiger partial charge in [0.1, 0.15) is 5.69 Å². The Bertz CT molecular complexity index is 1060. The van der Waals surface area contributed by atoms with Gasteiger partial charge in [0, 0.05) is 24.2 Å². The zero-order valence-corrected chi connectivity index (χ0v) is 16.6. The Morgan fingerprint density at radius 2 is 1.90 bits per heavy atom. The molecule has 0 saturated heterocycles. The summed E-state index contributed by atoms with van der Waals surface area (Å²) >= 11 is 0. The predicted octanol–water partition coefficient (Wildman–Crippen LogP) is 3.19. The summed E-state index contributed by atoms with van der Waals surface area (Å²) in [6.07, 6.45) is 5.99. The minimum Gasteiger partial charge on any atom is -0.378 e. The average Bonchev–Trinajstić information content (AvgIpc) is 2.73. The monoisotopic (exact) mass is 407 g/mol. The lowest BCUT2D eigenvalue weighted by molar-refractivity contribution is -0.385. The van der Waals surface area contributed by atoms with Gasteiger partial charge in [-0.05, 0) is 55.7 Å². The highest BCUT2D eigenvalue weighted by molar-refractivity contribution is 5.82.